The molecule has 0 rings (SSSR count). The molecular formula is C11H23OP. The molecule has 0 aliphatic carbocycles. The minimum absolute atomic E-state index is 0.931. The Morgan fingerprint density at radius 1 is 1.15 bits per heavy atom. The smallest absolute Gasteiger partial charge is 0.0877 e. The lowest BCUT2D eigenvalue weighted by atomic mass is 10.3. The van der Waals surface area contributed by atoms with Crippen molar-refractivity contribution in [2.45, 2.75) is 39.5 Å². The summed E-state index contributed by atoms with van der Waals surface area (Å²) in [4.78, 5) is 0. The summed E-state index contributed by atoms with van der Waals surface area (Å²) in [5.74, 6) is 0. The Bertz CT molecular complexity index is 165. The molecule has 0 heterocycles. The Labute approximate surface area is 83.0 Å². The fourth-order valence-corrected chi connectivity index (χ4v) is 4.73. The molecule has 0 saturated carbocycles. The molecule has 78 valence electrons. The Balaban J connectivity index is 3.91. The maximum absolute atomic E-state index is 12.3. The van der Waals surface area contributed by atoms with Crippen molar-refractivity contribution in [3.05, 3.63) is 12.7 Å². The van der Waals surface area contributed by atoms with Gasteiger partial charge in [0.05, 0.1) is 7.14 Å². The average molecular weight is 202 g/mol. The summed E-state index contributed by atoms with van der Waals surface area (Å²) in [5.41, 5.74) is 0. The average Bonchev–Trinajstić information content (AvgIpc) is 2.05. The zero-order valence-electron chi connectivity index (χ0n) is 9.09. The van der Waals surface area contributed by atoms with E-state index in [1.165, 1.54) is 0 Å². The van der Waals surface area contributed by atoms with Crippen LogP contribution in [0.25, 0.3) is 0 Å². The van der Waals surface area contributed by atoms with Gasteiger partial charge in [-0.1, -0.05) is 19.9 Å². The van der Waals surface area contributed by atoms with E-state index in [1.807, 2.05) is 6.08 Å². The summed E-state index contributed by atoms with van der Waals surface area (Å²) < 4.78 is 12.3. The molecule has 0 aromatic heterocycles. The minimum atomic E-state index is -1.80. The van der Waals surface area contributed by atoms with E-state index < -0.39 is 7.14 Å². The van der Waals surface area contributed by atoms with Gasteiger partial charge < -0.3 is 4.57 Å². The molecule has 0 amide bonds. The molecule has 0 fully saturated rings. The van der Waals surface area contributed by atoms with E-state index >= 15 is 0 Å². The minimum Gasteiger partial charge on any atom is -0.324 e. The lowest BCUT2D eigenvalue weighted by Gasteiger charge is -2.16. The second-order valence-corrected chi connectivity index (χ2v) is 7.12. The van der Waals surface area contributed by atoms with E-state index in [-0.39, 0.29) is 0 Å². The van der Waals surface area contributed by atoms with Crippen molar-refractivity contribution in [2.24, 2.45) is 0 Å². The highest BCUT2D eigenvalue weighted by atomic mass is 31.2. The first-order chi connectivity index (χ1) is 6.18. The van der Waals surface area contributed by atoms with Crippen LogP contribution in [0.15, 0.2) is 12.7 Å². The molecule has 0 saturated heterocycles. The summed E-state index contributed by atoms with van der Waals surface area (Å²) in [6.07, 6.45) is 8.92. The largest absolute Gasteiger partial charge is 0.324 e. The van der Waals surface area contributed by atoms with Gasteiger partial charge in [0.2, 0.25) is 0 Å². The van der Waals surface area contributed by atoms with Crippen LogP contribution in [-0.4, -0.2) is 18.5 Å². The molecule has 0 bridgehead atoms. The standard InChI is InChI=1S/C11H23OP/c1-4-7-8-11-13(12,9-5-2)10-6-3/h4H,1,5-11H2,2-3H3. The van der Waals surface area contributed by atoms with Crippen molar-refractivity contribution in [1.29, 1.82) is 0 Å². The van der Waals surface area contributed by atoms with Gasteiger partial charge in [0.1, 0.15) is 0 Å². The highest BCUT2D eigenvalue weighted by molar-refractivity contribution is 7.63. The molecule has 0 aliphatic heterocycles. The molecule has 13 heavy (non-hydrogen) atoms. The number of hydrogen-bond acceptors (Lipinski definition) is 1. The van der Waals surface area contributed by atoms with Crippen LogP contribution in [0, 0.1) is 0 Å². The van der Waals surface area contributed by atoms with Gasteiger partial charge in [-0.05, 0) is 25.7 Å². The lowest BCUT2D eigenvalue weighted by molar-refractivity contribution is 0.570. The SMILES string of the molecule is C=CCCCP(=O)(CCC)CCC. The van der Waals surface area contributed by atoms with Crippen molar-refractivity contribution < 1.29 is 4.57 Å². The quantitative estimate of drug-likeness (QED) is 0.328. The third-order valence-corrected chi connectivity index (χ3v) is 5.89. The van der Waals surface area contributed by atoms with Crippen LogP contribution >= 0.6 is 7.14 Å². The normalized spacial score (nSPS) is 11.5. The van der Waals surface area contributed by atoms with Crippen molar-refractivity contribution in [3.8, 4) is 0 Å². The molecule has 0 aliphatic rings. The number of allylic oxidation sites excluding steroid dienone is 1. The Hall–Kier alpha value is -0.0300. The van der Waals surface area contributed by atoms with Crippen LogP contribution in [0.4, 0.5) is 0 Å². The van der Waals surface area contributed by atoms with Crippen LogP contribution in [0.1, 0.15) is 39.5 Å². The van der Waals surface area contributed by atoms with E-state index in [2.05, 4.69) is 20.4 Å². The second-order valence-electron chi connectivity index (χ2n) is 3.66. The molecule has 0 radical (unpaired) electrons. The molecule has 0 atom stereocenters. The maximum Gasteiger partial charge on any atom is 0.0877 e. The van der Waals surface area contributed by atoms with Crippen molar-refractivity contribution >= 4 is 7.14 Å². The van der Waals surface area contributed by atoms with E-state index in [1.54, 1.807) is 0 Å². The van der Waals surface area contributed by atoms with Gasteiger partial charge in [0, 0.05) is 18.5 Å². The van der Waals surface area contributed by atoms with Crippen molar-refractivity contribution in [2.75, 3.05) is 18.5 Å². The van der Waals surface area contributed by atoms with E-state index in [4.69, 9.17) is 0 Å². The van der Waals surface area contributed by atoms with Crippen LogP contribution in [-0.2, 0) is 4.57 Å². The van der Waals surface area contributed by atoms with Crippen LogP contribution in [0.5, 0.6) is 0 Å². The highest BCUT2D eigenvalue weighted by Crippen LogP contribution is 2.47. The van der Waals surface area contributed by atoms with Gasteiger partial charge in [0.25, 0.3) is 0 Å². The molecule has 1 nitrogen and oxygen atoms in total. The molecule has 0 N–H and O–H groups in total. The fraction of sp³-hybridized carbons (Fsp3) is 0.818. The molecule has 0 aromatic carbocycles. The van der Waals surface area contributed by atoms with E-state index in [0.717, 1.165) is 44.2 Å². The molecule has 0 aromatic rings. The zero-order chi connectivity index (χ0) is 10.2. The van der Waals surface area contributed by atoms with Gasteiger partial charge in [-0.2, -0.15) is 0 Å². The third kappa shape index (κ3) is 6.10. The number of rotatable bonds is 8. The summed E-state index contributed by atoms with van der Waals surface area (Å²) in [7, 11) is -1.80. The molecule has 0 spiro atoms. The summed E-state index contributed by atoms with van der Waals surface area (Å²) in [5, 5.41) is 0. The first kappa shape index (κ1) is 13.0. The van der Waals surface area contributed by atoms with Crippen LogP contribution < -0.4 is 0 Å². The van der Waals surface area contributed by atoms with E-state index in [0.29, 0.717) is 0 Å². The monoisotopic (exact) mass is 202 g/mol. The molecule has 0 unspecified atom stereocenters. The van der Waals surface area contributed by atoms with E-state index in [9.17, 15) is 4.57 Å². The first-order valence-corrected chi connectivity index (χ1v) is 7.62. The van der Waals surface area contributed by atoms with Gasteiger partial charge in [0.15, 0.2) is 0 Å². The Kier molecular flexibility index (Phi) is 7.36. The summed E-state index contributed by atoms with van der Waals surface area (Å²) in [6.45, 7) is 7.92. The first-order valence-electron chi connectivity index (χ1n) is 5.36. The van der Waals surface area contributed by atoms with Crippen molar-refractivity contribution in [3.63, 3.8) is 0 Å². The van der Waals surface area contributed by atoms with Crippen molar-refractivity contribution in [1.82, 2.24) is 0 Å². The van der Waals surface area contributed by atoms with Gasteiger partial charge in [-0.25, -0.2) is 0 Å². The molecule has 2 heteroatoms. The van der Waals surface area contributed by atoms with Gasteiger partial charge in [-0.15, -0.1) is 6.58 Å². The fourth-order valence-electron chi connectivity index (χ4n) is 1.67. The number of hydrogen-bond donors (Lipinski definition) is 0. The maximum atomic E-state index is 12.3. The van der Waals surface area contributed by atoms with Gasteiger partial charge in [-0.3, -0.25) is 0 Å². The van der Waals surface area contributed by atoms with Gasteiger partial charge >= 0.3 is 0 Å². The second kappa shape index (κ2) is 7.38. The Morgan fingerprint density at radius 3 is 2.08 bits per heavy atom. The highest BCUT2D eigenvalue weighted by Gasteiger charge is 2.18. The predicted octanol–water partition coefficient (Wildman–Crippen LogP) is 4.14. The summed E-state index contributed by atoms with van der Waals surface area (Å²) in [6, 6.07) is 0. The number of unbranched alkanes of at least 4 members (excludes halogenated alkanes) is 1. The van der Waals surface area contributed by atoms with Crippen LogP contribution in [0.3, 0.4) is 0 Å². The zero-order valence-corrected chi connectivity index (χ0v) is 9.98. The Morgan fingerprint density at radius 2 is 1.69 bits per heavy atom. The topological polar surface area (TPSA) is 17.1 Å². The third-order valence-electron chi connectivity index (χ3n) is 2.24. The predicted molar refractivity (Wildman–Crippen MR) is 62.2 cm³/mol. The van der Waals surface area contributed by atoms with Crippen LogP contribution in [0.2, 0.25) is 0 Å². The lowest BCUT2D eigenvalue weighted by Crippen LogP contribution is -1.99. The molecular weight excluding hydrogens is 179 g/mol. The summed E-state index contributed by atoms with van der Waals surface area (Å²) >= 11 is 0.